The zero-order valence-electron chi connectivity index (χ0n) is 15.4. The third kappa shape index (κ3) is 3.69. The van der Waals surface area contributed by atoms with Crippen LogP contribution in [0.4, 0.5) is 0 Å². The molecule has 140 valence electrons. The molecule has 0 bridgehead atoms. The van der Waals surface area contributed by atoms with Crippen molar-refractivity contribution in [2.45, 2.75) is 64.2 Å². The molecule has 0 atom stereocenters. The molecule has 1 saturated carbocycles. The Morgan fingerprint density at radius 2 is 1.73 bits per heavy atom. The van der Waals surface area contributed by atoms with Gasteiger partial charge in [-0.1, -0.05) is 44.9 Å². The van der Waals surface area contributed by atoms with Gasteiger partial charge in [-0.25, -0.2) is 9.50 Å². The van der Waals surface area contributed by atoms with Crippen LogP contribution in [-0.4, -0.2) is 38.5 Å². The Balaban J connectivity index is 1.57. The molecule has 2 aliphatic rings. The SMILES string of the molecule is O=C(c1cc2nc(CC3CCCCC3)cc(=O)n2[nH]1)N1CCCCCC1. The second kappa shape index (κ2) is 7.64. The Morgan fingerprint density at radius 1 is 1.04 bits per heavy atom. The number of H-pyrrole nitrogens is 1. The predicted molar refractivity (Wildman–Crippen MR) is 100 cm³/mol. The number of hydrogen-bond donors (Lipinski definition) is 1. The van der Waals surface area contributed by atoms with Crippen LogP contribution >= 0.6 is 0 Å². The minimum atomic E-state index is -0.129. The van der Waals surface area contributed by atoms with Crippen molar-refractivity contribution in [3.63, 3.8) is 0 Å². The van der Waals surface area contributed by atoms with Crippen molar-refractivity contribution in [3.05, 3.63) is 33.9 Å². The van der Waals surface area contributed by atoms with Crippen LogP contribution in [-0.2, 0) is 6.42 Å². The Hall–Kier alpha value is -2.11. The van der Waals surface area contributed by atoms with Crippen LogP contribution in [0.25, 0.3) is 5.65 Å². The number of rotatable bonds is 3. The summed E-state index contributed by atoms with van der Waals surface area (Å²) in [5.74, 6) is 0.612. The molecule has 2 fully saturated rings. The molecular weight excluding hydrogens is 328 g/mol. The lowest BCUT2D eigenvalue weighted by Crippen LogP contribution is -2.32. The van der Waals surface area contributed by atoms with Crippen molar-refractivity contribution in [3.8, 4) is 0 Å². The predicted octanol–water partition coefficient (Wildman–Crippen LogP) is 3.16. The Kier molecular flexibility index (Phi) is 5.09. The second-order valence-corrected chi connectivity index (χ2v) is 7.86. The van der Waals surface area contributed by atoms with Gasteiger partial charge in [0.25, 0.3) is 11.5 Å². The van der Waals surface area contributed by atoms with Crippen molar-refractivity contribution in [2.75, 3.05) is 13.1 Å². The van der Waals surface area contributed by atoms with Crippen molar-refractivity contribution in [1.82, 2.24) is 19.5 Å². The normalized spacial score (nSPS) is 19.6. The standard InChI is InChI=1S/C20H28N4O2/c25-19-13-16(12-15-8-4-3-5-9-15)21-18-14-17(22-24(18)19)20(26)23-10-6-1-2-7-11-23/h13-15,22H,1-12H2. The van der Waals surface area contributed by atoms with E-state index in [0.29, 0.717) is 17.3 Å². The molecule has 6 heteroatoms. The number of amides is 1. The number of aromatic amines is 1. The molecule has 1 aliphatic heterocycles. The number of carbonyl (C=O) groups is 1. The highest BCUT2D eigenvalue weighted by molar-refractivity contribution is 5.93. The van der Waals surface area contributed by atoms with Gasteiger partial charge in [-0.15, -0.1) is 0 Å². The maximum atomic E-state index is 12.8. The van der Waals surface area contributed by atoms with Crippen molar-refractivity contribution in [2.24, 2.45) is 5.92 Å². The summed E-state index contributed by atoms with van der Waals surface area (Å²) in [6.07, 6.45) is 11.7. The highest BCUT2D eigenvalue weighted by Gasteiger charge is 2.21. The van der Waals surface area contributed by atoms with E-state index in [-0.39, 0.29) is 11.5 Å². The molecule has 1 aliphatic carbocycles. The summed E-state index contributed by atoms with van der Waals surface area (Å²) in [5.41, 5.74) is 1.75. The van der Waals surface area contributed by atoms with Crippen LogP contribution in [0.1, 0.15) is 74.0 Å². The van der Waals surface area contributed by atoms with Gasteiger partial charge in [0.05, 0.1) is 0 Å². The fourth-order valence-corrected chi connectivity index (χ4v) is 4.39. The smallest absolute Gasteiger partial charge is 0.272 e. The summed E-state index contributed by atoms with van der Waals surface area (Å²) in [4.78, 5) is 31.8. The van der Waals surface area contributed by atoms with Gasteiger partial charge in [0, 0.05) is 30.9 Å². The lowest BCUT2D eigenvalue weighted by Gasteiger charge is -2.20. The largest absolute Gasteiger partial charge is 0.337 e. The summed E-state index contributed by atoms with van der Waals surface area (Å²) in [6, 6.07) is 3.36. The first kappa shape index (κ1) is 17.3. The van der Waals surface area contributed by atoms with E-state index in [4.69, 9.17) is 0 Å². The number of likely N-dealkylation sites (tertiary alicyclic amines) is 1. The zero-order chi connectivity index (χ0) is 17.9. The molecule has 2 aromatic heterocycles. The molecule has 0 spiro atoms. The summed E-state index contributed by atoms with van der Waals surface area (Å²) in [5, 5.41) is 2.96. The van der Waals surface area contributed by atoms with Gasteiger partial charge in [0.1, 0.15) is 5.69 Å². The first-order valence-electron chi connectivity index (χ1n) is 10.1. The molecule has 4 rings (SSSR count). The minimum Gasteiger partial charge on any atom is -0.337 e. The van der Waals surface area contributed by atoms with Crippen molar-refractivity contribution < 1.29 is 4.79 Å². The van der Waals surface area contributed by atoms with E-state index in [2.05, 4.69) is 10.1 Å². The summed E-state index contributed by atoms with van der Waals surface area (Å²) in [6.45, 7) is 1.59. The van der Waals surface area contributed by atoms with Crippen LogP contribution in [0.5, 0.6) is 0 Å². The van der Waals surface area contributed by atoms with Crippen LogP contribution in [0.15, 0.2) is 16.9 Å². The fraction of sp³-hybridized carbons (Fsp3) is 0.650. The number of fused-ring (bicyclic) bond motifs is 1. The van der Waals surface area contributed by atoms with Gasteiger partial charge in [0.2, 0.25) is 0 Å². The summed E-state index contributed by atoms with van der Waals surface area (Å²) in [7, 11) is 0. The first-order valence-corrected chi connectivity index (χ1v) is 10.1. The lowest BCUT2D eigenvalue weighted by molar-refractivity contribution is 0.0755. The molecule has 1 amide bonds. The number of carbonyl (C=O) groups excluding carboxylic acids is 1. The molecule has 6 nitrogen and oxygen atoms in total. The van der Waals surface area contributed by atoms with Crippen LogP contribution < -0.4 is 5.56 Å². The van der Waals surface area contributed by atoms with Gasteiger partial charge < -0.3 is 4.90 Å². The maximum Gasteiger partial charge on any atom is 0.272 e. The number of nitrogens with zero attached hydrogens (tertiary/aromatic N) is 3. The Morgan fingerprint density at radius 3 is 2.46 bits per heavy atom. The Bertz CT molecular complexity index is 824. The van der Waals surface area contributed by atoms with Gasteiger partial charge in [-0.3, -0.25) is 14.7 Å². The highest BCUT2D eigenvalue weighted by atomic mass is 16.2. The first-order chi connectivity index (χ1) is 12.7. The molecule has 2 aromatic rings. The van der Waals surface area contributed by atoms with E-state index >= 15 is 0 Å². The summed E-state index contributed by atoms with van der Waals surface area (Å²) < 4.78 is 1.40. The van der Waals surface area contributed by atoms with E-state index < -0.39 is 0 Å². The summed E-state index contributed by atoms with van der Waals surface area (Å²) >= 11 is 0. The van der Waals surface area contributed by atoms with E-state index in [9.17, 15) is 9.59 Å². The minimum absolute atomic E-state index is 0.0226. The average Bonchev–Trinajstić information content (AvgIpc) is 2.89. The lowest BCUT2D eigenvalue weighted by atomic mass is 9.86. The maximum absolute atomic E-state index is 12.8. The van der Waals surface area contributed by atoms with Gasteiger partial charge >= 0.3 is 0 Å². The Labute approximate surface area is 153 Å². The molecule has 1 saturated heterocycles. The van der Waals surface area contributed by atoms with Gasteiger partial charge in [0.15, 0.2) is 5.65 Å². The van der Waals surface area contributed by atoms with Crippen molar-refractivity contribution in [1.29, 1.82) is 0 Å². The van der Waals surface area contributed by atoms with E-state index in [1.807, 2.05) is 4.90 Å². The molecule has 1 N–H and O–H groups in total. The quantitative estimate of drug-likeness (QED) is 0.918. The molecule has 0 aromatic carbocycles. The fourth-order valence-electron chi connectivity index (χ4n) is 4.39. The average molecular weight is 356 g/mol. The number of nitrogens with one attached hydrogen (secondary N) is 1. The third-order valence-electron chi connectivity index (χ3n) is 5.85. The second-order valence-electron chi connectivity index (χ2n) is 7.86. The molecule has 0 radical (unpaired) electrons. The van der Waals surface area contributed by atoms with Crippen LogP contribution in [0.2, 0.25) is 0 Å². The van der Waals surface area contributed by atoms with Crippen LogP contribution in [0.3, 0.4) is 0 Å². The number of hydrogen-bond acceptors (Lipinski definition) is 3. The van der Waals surface area contributed by atoms with Crippen molar-refractivity contribution >= 4 is 11.6 Å². The highest BCUT2D eigenvalue weighted by Crippen LogP contribution is 2.26. The zero-order valence-corrected chi connectivity index (χ0v) is 15.4. The topological polar surface area (TPSA) is 70.5 Å². The molecular formula is C20H28N4O2. The molecule has 0 unspecified atom stereocenters. The molecule has 3 heterocycles. The van der Waals surface area contributed by atoms with Crippen LogP contribution in [0, 0.1) is 5.92 Å². The third-order valence-corrected chi connectivity index (χ3v) is 5.85. The van der Waals surface area contributed by atoms with Gasteiger partial charge in [-0.2, -0.15) is 0 Å². The van der Waals surface area contributed by atoms with E-state index in [1.165, 1.54) is 49.5 Å². The number of aromatic nitrogens is 3. The van der Waals surface area contributed by atoms with Gasteiger partial charge in [-0.05, 0) is 25.2 Å². The molecule has 26 heavy (non-hydrogen) atoms. The van der Waals surface area contributed by atoms with E-state index in [0.717, 1.165) is 38.0 Å². The monoisotopic (exact) mass is 356 g/mol. The van der Waals surface area contributed by atoms with E-state index in [1.54, 1.807) is 12.1 Å².